The summed E-state index contributed by atoms with van der Waals surface area (Å²) in [6.07, 6.45) is 3.67. The largest absolute Gasteiger partial charge is 0.254 e. The van der Waals surface area contributed by atoms with E-state index in [9.17, 15) is 0 Å². The Morgan fingerprint density at radius 3 is 0.830 bits per heavy atom. The molecule has 0 saturated heterocycles. The van der Waals surface area contributed by atoms with E-state index in [4.69, 9.17) is 29.9 Å². The minimum atomic E-state index is 0.916. The first-order chi connectivity index (χ1) is 55.4. The molecule has 8 aromatic heterocycles. The molecule has 8 heteroatoms. The van der Waals surface area contributed by atoms with Crippen molar-refractivity contribution in [2.24, 2.45) is 0 Å². The number of hydrogen-bond acceptors (Lipinski definition) is 8. The van der Waals surface area contributed by atoms with E-state index in [-0.39, 0.29) is 0 Å². The number of nitrogens with zero attached hydrogens (tertiary/aromatic N) is 8. The number of aromatic nitrogens is 8. The Morgan fingerprint density at radius 2 is 0.420 bits per heavy atom. The molecule has 22 aromatic rings. The Balaban J connectivity index is 0.000000141. The first kappa shape index (κ1) is 65.2. The van der Waals surface area contributed by atoms with Crippen LogP contribution in [0.3, 0.4) is 0 Å². The number of rotatable bonds is 10. The summed E-state index contributed by atoms with van der Waals surface area (Å²) in [4.78, 5) is 40.1. The summed E-state index contributed by atoms with van der Waals surface area (Å²) in [7, 11) is 0. The third kappa shape index (κ3) is 12.1. The third-order valence-electron chi connectivity index (χ3n) is 21.8. The molecule has 0 bridgehead atoms. The maximum Gasteiger partial charge on any atom is 0.0972 e. The summed E-state index contributed by atoms with van der Waals surface area (Å²) >= 11 is 0. The van der Waals surface area contributed by atoms with Gasteiger partial charge in [-0.25, -0.2) is 29.9 Å². The Hall–Kier alpha value is -15.1. The van der Waals surface area contributed by atoms with Gasteiger partial charge >= 0.3 is 0 Å². The van der Waals surface area contributed by atoms with Crippen molar-refractivity contribution < 1.29 is 0 Å². The molecule has 0 aliphatic rings. The molecule has 112 heavy (non-hydrogen) atoms. The van der Waals surface area contributed by atoms with Gasteiger partial charge in [0.25, 0.3) is 0 Å². The molecule has 520 valence electrons. The van der Waals surface area contributed by atoms with Crippen molar-refractivity contribution in [3.8, 4) is 112 Å². The lowest BCUT2D eigenvalue weighted by Gasteiger charge is -2.13. The zero-order chi connectivity index (χ0) is 74.0. The Kier molecular flexibility index (Phi) is 16.1. The van der Waals surface area contributed by atoms with Crippen LogP contribution in [0, 0.1) is 0 Å². The summed E-state index contributed by atoms with van der Waals surface area (Å²) in [5.74, 6) is 0. The molecule has 0 aliphatic carbocycles. The molecule has 0 saturated carbocycles. The van der Waals surface area contributed by atoms with Crippen molar-refractivity contribution in [1.82, 2.24) is 39.9 Å². The molecule has 0 N–H and O–H groups in total. The highest BCUT2D eigenvalue weighted by Gasteiger charge is 2.18. The zero-order valence-electron chi connectivity index (χ0n) is 60.5. The summed E-state index contributed by atoms with van der Waals surface area (Å²) in [5, 5.41) is 13.3. The first-order valence-electron chi connectivity index (χ1n) is 37.7. The van der Waals surface area contributed by atoms with Crippen LogP contribution in [0.4, 0.5) is 0 Å². The molecule has 22 rings (SSSR count). The van der Waals surface area contributed by atoms with Crippen molar-refractivity contribution in [3.63, 3.8) is 0 Å². The minimum absolute atomic E-state index is 0.916. The monoisotopic (exact) mass is 1420 g/mol. The maximum atomic E-state index is 5.19. The fourth-order valence-electron chi connectivity index (χ4n) is 16.0. The molecular weight excluding hydrogens is 1360 g/mol. The number of benzene rings is 14. The van der Waals surface area contributed by atoms with Crippen LogP contribution in [0.2, 0.25) is 0 Å². The summed E-state index contributed by atoms with van der Waals surface area (Å²) in [6.45, 7) is 0. The molecule has 0 fully saturated rings. The van der Waals surface area contributed by atoms with E-state index in [0.29, 0.717) is 0 Å². The molecule has 8 nitrogen and oxygen atoms in total. The lowest BCUT2D eigenvalue weighted by atomic mass is 9.95. The van der Waals surface area contributed by atoms with E-state index < -0.39 is 0 Å². The Labute approximate surface area is 645 Å². The normalized spacial score (nSPS) is 11.6. The molecule has 8 heterocycles. The lowest BCUT2D eigenvalue weighted by Crippen LogP contribution is -1.92. The molecule has 0 spiro atoms. The minimum Gasteiger partial charge on any atom is -0.254 e. The summed E-state index contributed by atoms with van der Waals surface area (Å²) in [5.41, 5.74) is 29.2. The van der Waals surface area contributed by atoms with Gasteiger partial charge in [-0.05, 0) is 169 Å². The quantitative estimate of drug-likeness (QED) is 0.125. The smallest absolute Gasteiger partial charge is 0.0972 e. The lowest BCUT2D eigenvalue weighted by molar-refractivity contribution is 1.37. The topological polar surface area (TPSA) is 103 Å². The van der Waals surface area contributed by atoms with Gasteiger partial charge in [-0.1, -0.05) is 273 Å². The van der Waals surface area contributed by atoms with Crippen molar-refractivity contribution in [1.29, 1.82) is 0 Å². The van der Waals surface area contributed by atoms with Gasteiger partial charge in [-0.15, -0.1) is 0 Å². The average Bonchev–Trinajstić information content (AvgIpc) is 0.768. The molecule has 0 amide bonds. The maximum absolute atomic E-state index is 5.19. The van der Waals surface area contributed by atoms with Crippen LogP contribution in [-0.4, -0.2) is 39.9 Å². The van der Waals surface area contributed by atoms with Gasteiger partial charge in [-0.2, -0.15) is 0 Å². The molecule has 0 atom stereocenters. The van der Waals surface area contributed by atoms with E-state index in [1.807, 2.05) is 36.7 Å². The van der Waals surface area contributed by atoms with Crippen LogP contribution >= 0.6 is 0 Å². The van der Waals surface area contributed by atoms with E-state index in [0.717, 1.165) is 199 Å². The van der Waals surface area contributed by atoms with E-state index in [2.05, 4.69) is 362 Å². The standard InChI is InChI=1S/2C52H32N4/c1-2-8-33(9-3-1)36-10-6-11-39(30-36)46-26-20-40-31-37(18-24-47(40)54-46)38-19-25-48-41(32-38)21-28-49(55-48)44-22-23-45(43-14-5-4-13-42(43)44)50-27-17-35-16-15-34-12-7-29-53-51(34)52(35)56-50;1-2-7-33(8-3-1)34-12-14-35(15-13-34)46-27-21-40-31-38(19-25-47(40)54-46)39-20-26-48-41(32-39)22-29-49(55-48)44-23-24-45(43-11-5-4-10-42(43)44)50-28-18-37-17-16-36-9-6-30-53-51(36)52(37)56-50/h2*1-32H. The van der Waals surface area contributed by atoms with Crippen LogP contribution in [-0.2, 0) is 0 Å². The van der Waals surface area contributed by atoms with Gasteiger partial charge in [0.2, 0.25) is 0 Å². The fourth-order valence-corrected chi connectivity index (χ4v) is 16.0. The van der Waals surface area contributed by atoms with E-state index in [1.54, 1.807) is 0 Å². The second kappa shape index (κ2) is 27.6. The fraction of sp³-hybridized carbons (Fsp3) is 0. The van der Waals surface area contributed by atoms with Crippen LogP contribution in [0.15, 0.2) is 389 Å². The number of fused-ring (bicyclic) bond motifs is 12. The molecule has 0 radical (unpaired) electrons. The second-order valence-corrected chi connectivity index (χ2v) is 28.5. The SMILES string of the molecule is c1ccc(-c2ccc(-c3ccc4cc(-c5ccc6nc(-c7ccc(-c8ccc9ccc%10cccnc%10c9n8)c8ccccc78)ccc6c5)ccc4n3)cc2)cc1.c1ccc(-c2cccc(-c3ccc4cc(-c5ccc6nc(-c7ccc(-c8ccc9ccc%10cccnc%10c9n8)c8ccccc78)ccc6c5)ccc4n3)c2)cc1. The molecular formula is C104H64N8. The van der Waals surface area contributed by atoms with E-state index in [1.165, 1.54) is 22.3 Å². The number of hydrogen-bond donors (Lipinski definition) is 0. The van der Waals surface area contributed by atoms with Crippen molar-refractivity contribution in [3.05, 3.63) is 389 Å². The van der Waals surface area contributed by atoms with Crippen LogP contribution < -0.4 is 0 Å². The zero-order valence-corrected chi connectivity index (χ0v) is 60.5. The highest BCUT2D eigenvalue weighted by molar-refractivity contribution is 6.10. The second-order valence-electron chi connectivity index (χ2n) is 28.5. The van der Waals surface area contributed by atoms with Crippen molar-refractivity contribution in [2.75, 3.05) is 0 Å². The van der Waals surface area contributed by atoms with Crippen LogP contribution in [0.5, 0.6) is 0 Å². The highest BCUT2D eigenvalue weighted by atomic mass is 14.8. The summed E-state index contributed by atoms with van der Waals surface area (Å²) in [6, 6.07) is 132. The van der Waals surface area contributed by atoms with Crippen molar-refractivity contribution >= 4 is 109 Å². The van der Waals surface area contributed by atoms with Crippen LogP contribution in [0.25, 0.3) is 221 Å². The Bertz CT molecular complexity index is 7510. The van der Waals surface area contributed by atoms with E-state index >= 15 is 0 Å². The molecule has 0 aliphatic heterocycles. The van der Waals surface area contributed by atoms with Gasteiger partial charge in [0.1, 0.15) is 0 Å². The summed E-state index contributed by atoms with van der Waals surface area (Å²) < 4.78 is 0. The van der Waals surface area contributed by atoms with Crippen LogP contribution in [0.1, 0.15) is 0 Å². The predicted octanol–water partition coefficient (Wildman–Crippen LogP) is 26.7. The van der Waals surface area contributed by atoms with Gasteiger partial charge in [0.15, 0.2) is 0 Å². The average molecular weight is 1430 g/mol. The highest BCUT2D eigenvalue weighted by Crippen LogP contribution is 2.41. The van der Waals surface area contributed by atoms with Gasteiger partial charge in [0, 0.05) is 88.9 Å². The first-order valence-corrected chi connectivity index (χ1v) is 37.7. The van der Waals surface area contributed by atoms with Gasteiger partial charge in [0.05, 0.1) is 78.3 Å². The molecule has 0 unspecified atom stereocenters. The number of pyridine rings is 8. The van der Waals surface area contributed by atoms with Gasteiger partial charge in [-0.3, -0.25) is 9.97 Å². The van der Waals surface area contributed by atoms with Crippen molar-refractivity contribution in [2.45, 2.75) is 0 Å². The third-order valence-corrected chi connectivity index (χ3v) is 21.8. The molecule has 14 aromatic carbocycles. The van der Waals surface area contributed by atoms with Gasteiger partial charge < -0.3 is 0 Å². The predicted molar refractivity (Wildman–Crippen MR) is 465 cm³/mol. The Morgan fingerprint density at radius 1 is 0.143 bits per heavy atom.